The molecule has 5 rings (SSSR count). The number of fused-ring (bicyclic) bond motifs is 2. The summed E-state index contributed by atoms with van der Waals surface area (Å²) in [4.78, 5) is 12.3. The first-order valence-corrected chi connectivity index (χ1v) is 8.47. The fourth-order valence-electron chi connectivity index (χ4n) is 3.67. The number of nitrogens with zero attached hydrogens (tertiary/aromatic N) is 2. The van der Waals surface area contributed by atoms with Gasteiger partial charge in [-0.1, -0.05) is 36.4 Å². The Hall–Kier alpha value is -3.14. The Balaban J connectivity index is 1.83. The maximum Gasteiger partial charge on any atom is 0.141 e. The highest BCUT2D eigenvalue weighted by Gasteiger charge is 2.26. The number of benzene rings is 2. The predicted molar refractivity (Wildman–Crippen MR) is 101 cm³/mol. The van der Waals surface area contributed by atoms with Crippen LogP contribution in [0, 0.1) is 13.8 Å². The summed E-state index contributed by atoms with van der Waals surface area (Å²) in [5, 5.41) is 4.83. The highest BCUT2D eigenvalue weighted by molar-refractivity contribution is 5.99. The minimum absolute atomic E-state index is 0.0569. The second kappa shape index (κ2) is 5.18. The summed E-state index contributed by atoms with van der Waals surface area (Å²) >= 11 is 0. The maximum absolute atomic E-state index is 4.60. The molecule has 1 aliphatic rings. The largest absolute Gasteiger partial charge is 0.374 e. The molecule has 2 aromatic heterocycles. The van der Waals surface area contributed by atoms with Crippen LogP contribution in [0.2, 0.25) is 0 Å². The summed E-state index contributed by atoms with van der Waals surface area (Å²) in [6.07, 6.45) is 3.69. The normalized spacial score (nSPS) is 15.5. The summed E-state index contributed by atoms with van der Waals surface area (Å²) in [6, 6.07) is 15.1. The highest BCUT2D eigenvalue weighted by Crippen LogP contribution is 2.42. The van der Waals surface area contributed by atoms with Gasteiger partial charge < -0.3 is 10.3 Å². The van der Waals surface area contributed by atoms with E-state index in [0.717, 1.165) is 28.0 Å². The lowest BCUT2D eigenvalue weighted by Gasteiger charge is -2.20. The van der Waals surface area contributed by atoms with E-state index >= 15 is 0 Å². The molecular weight excluding hydrogens is 308 g/mol. The number of anilines is 1. The molecule has 4 nitrogen and oxygen atoms in total. The fraction of sp³-hybridized carbons (Fsp3) is 0.143. The Labute approximate surface area is 146 Å². The zero-order chi connectivity index (χ0) is 17.0. The molecule has 2 aromatic carbocycles. The van der Waals surface area contributed by atoms with Crippen molar-refractivity contribution >= 4 is 16.7 Å². The van der Waals surface area contributed by atoms with Crippen LogP contribution in [0.1, 0.15) is 28.3 Å². The van der Waals surface area contributed by atoms with Crippen molar-refractivity contribution in [1.82, 2.24) is 15.0 Å². The van der Waals surface area contributed by atoms with E-state index in [1.165, 1.54) is 22.3 Å². The first kappa shape index (κ1) is 14.2. The van der Waals surface area contributed by atoms with Crippen molar-refractivity contribution in [3.05, 3.63) is 77.2 Å². The number of hydrogen-bond acceptors (Lipinski definition) is 3. The molecular formula is C21H18N4. The van der Waals surface area contributed by atoms with Crippen molar-refractivity contribution < 1.29 is 0 Å². The average Bonchev–Trinajstić information content (AvgIpc) is 3.00. The van der Waals surface area contributed by atoms with Crippen LogP contribution < -0.4 is 5.32 Å². The van der Waals surface area contributed by atoms with Crippen LogP contribution in [0.25, 0.3) is 22.3 Å². The van der Waals surface area contributed by atoms with Gasteiger partial charge in [0.05, 0.1) is 17.1 Å². The van der Waals surface area contributed by atoms with Crippen LogP contribution in [0.3, 0.4) is 0 Å². The lowest BCUT2D eigenvalue weighted by Crippen LogP contribution is -2.11. The van der Waals surface area contributed by atoms with Gasteiger partial charge in [-0.25, -0.2) is 9.97 Å². The lowest BCUT2D eigenvalue weighted by atomic mass is 9.96. The molecule has 1 atom stereocenters. The van der Waals surface area contributed by atoms with E-state index in [1.54, 1.807) is 6.33 Å². The van der Waals surface area contributed by atoms with Crippen molar-refractivity contribution in [1.29, 1.82) is 0 Å². The van der Waals surface area contributed by atoms with E-state index in [4.69, 9.17) is 0 Å². The minimum Gasteiger partial charge on any atom is -0.374 e. The maximum atomic E-state index is 4.60. The van der Waals surface area contributed by atoms with Crippen molar-refractivity contribution in [3.63, 3.8) is 0 Å². The smallest absolute Gasteiger partial charge is 0.141 e. The molecule has 4 aromatic rings. The fourth-order valence-corrected chi connectivity index (χ4v) is 3.67. The number of rotatable bonds is 1. The third-order valence-electron chi connectivity index (χ3n) is 5.16. The molecule has 25 heavy (non-hydrogen) atoms. The van der Waals surface area contributed by atoms with Crippen molar-refractivity contribution in [3.8, 4) is 11.3 Å². The van der Waals surface area contributed by atoms with Crippen LogP contribution in [-0.2, 0) is 0 Å². The van der Waals surface area contributed by atoms with Gasteiger partial charge in [-0.3, -0.25) is 0 Å². The van der Waals surface area contributed by atoms with E-state index in [-0.39, 0.29) is 6.04 Å². The Morgan fingerprint density at radius 3 is 2.72 bits per heavy atom. The van der Waals surface area contributed by atoms with E-state index < -0.39 is 0 Å². The first-order valence-electron chi connectivity index (χ1n) is 8.47. The average molecular weight is 326 g/mol. The SMILES string of the molecule is Cc1ccc(C2Nc3ccccc3-c3ncnc4[nH]cc2c34)cc1C. The number of aryl methyl sites for hydroxylation is 2. The summed E-state index contributed by atoms with van der Waals surface area (Å²) in [5.41, 5.74) is 9.11. The van der Waals surface area contributed by atoms with Gasteiger partial charge >= 0.3 is 0 Å². The molecule has 0 aliphatic carbocycles. The molecule has 0 radical (unpaired) electrons. The Kier molecular flexibility index (Phi) is 2.95. The van der Waals surface area contributed by atoms with Gasteiger partial charge in [0.25, 0.3) is 0 Å². The zero-order valence-electron chi connectivity index (χ0n) is 14.2. The third-order valence-corrected chi connectivity index (χ3v) is 5.16. The zero-order valence-corrected chi connectivity index (χ0v) is 14.2. The molecule has 0 fully saturated rings. The molecule has 1 aliphatic heterocycles. The number of H-pyrrole nitrogens is 1. The van der Waals surface area contributed by atoms with E-state index in [0.29, 0.717) is 0 Å². The molecule has 0 bridgehead atoms. The van der Waals surface area contributed by atoms with E-state index in [2.05, 4.69) is 82.8 Å². The molecule has 1 unspecified atom stereocenters. The summed E-state index contributed by atoms with van der Waals surface area (Å²) in [6.45, 7) is 4.31. The number of aromatic nitrogens is 3. The molecule has 3 heterocycles. The molecule has 4 heteroatoms. The quantitative estimate of drug-likeness (QED) is 0.530. The number of aromatic amines is 1. The molecule has 0 amide bonds. The Bertz CT molecular complexity index is 1110. The second-order valence-corrected chi connectivity index (χ2v) is 6.66. The van der Waals surface area contributed by atoms with Crippen LogP contribution in [0.5, 0.6) is 0 Å². The van der Waals surface area contributed by atoms with Gasteiger partial charge in [-0.15, -0.1) is 0 Å². The van der Waals surface area contributed by atoms with Gasteiger partial charge in [-0.05, 0) is 36.6 Å². The second-order valence-electron chi connectivity index (χ2n) is 6.66. The monoisotopic (exact) mass is 326 g/mol. The van der Waals surface area contributed by atoms with Crippen LogP contribution in [0.4, 0.5) is 5.69 Å². The van der Waals surface area contributed by atoms with Crippen molar-refractivity contribution in [2.24, 2.45) is 0 Å². The van der Waals surface area contributed by atoms with E-state index in [9.17, 15) is 0 Å². The van der Waals surface area contributed by atoms with Crippen LogP contribution in [0.15, 0.2) is 55.0 Å². The summed E-state index contributed by atoms with van der Waals surface area (Å²) in [7, 11) is 0. The van der Waals surface area contributed by atoms with Gasteiger partial charge in [0.1, 0.15) is 12.0 Å². The van der Waals surface area contributed by atoms with Gasteiger partial charge in [-0.2, -0.15) is 0 Å². The summed E-state index contributed by atoms with van der Waals surface area (Å²) < 4.78 is 0. The van der Waals surface area contributed by atoms with Gasteiger partial charge in [0, 0.05) is 23.0 Å². The molecule has 122 valence electrons. The van der Waals surface area contributed by atoms with Crippen LogP contribution >= 0.6 is 0 Å². The first-order chi connectivity index (χ1) is 12.2. The number of para-hydroxylation sites is 1. The molecule has 2 N–H and O–H groups in total. The standard InChI is InChI=1S/C21H18N4/c1-12-7-8-14(9-13(12)2)19-16-10-22-21-18(16)20(23-11-24-21)15-5-3-4-6-17(15)25-19/h3-11,19,25H,1-2H3,(H,22,23,24). The highest BCUT2D eigenvalue weighted by atomic mass is 15.0. The number of nitrogens with one attached hydrogen (secondary N) is 2. The number of hydrogen-bond donors (Lipinski definition) is 2. The molecule has 0 saturated carbocycles. The van der Waals surface area contributed by atoms with Gasteiger partial charge in [0.15, 0.2) is 0 Å². The molecule has 0 spiro atoms. The van der Waals surface area contributed by atoms with Crippen molar-refractivity contribution in [2.75, 3.05) is 5.32 Å². The Morgan fingerprint density at radius 1 is 0.960 bits per heavy atom. The third kappa shape index (κ3) is 2.07. The minimum atomic E-state index is 0.0569. The summed E-state index contributed by atoms with van der Waals surface area (Å²) in [5.74, 6) is 0. The Morgan fingerprint density at radius 2 is 1.84 bits per heavy atom. The van der Waals surface area contributed by atoms with E-state index in [1.807, 2.05) is 0 Å². The van der Waals surface area contributed by atoms with Gasteiger partial charge in [0.2, 0.25) is 0 Å². The predicted octanol–water partition coefficient (Wildman–Crippen LogP) is 4.76. The lowest BCUT2D eigenvalue weighted by molar-refractivity contribution is 0.948. The van der Waals surface area contributed by atoms with Crippen molar-refractivity contribution in [2.45, 2.75) is 19.9 Å². The topological polar surface area (TPSA) is 53.6 Å². The molecule has 0 saturated heterocycles. The van der Waals surface area contributed by atoms with Crippen LogP contribution in [-0.4, -0.2) is 15.0 Å².